The predicted octanol–water partition coefficient (Wildman–Crippen LogP) is 2.81. The third-order valence-electron chi connectivity index (χ3n) is 4.15. The van der Waals surface area contributed by atoms with Gasteiger partial charge < -0.3 is 9.67 Å². The van der Waals surface area contributed by atoms with E-state index < -0.39 is 5.97 Å². The number of carboxylic acids is 1. The fourth-order valence-corrected chi connectivity index (χ4v) is 3.27. The molecule has 5 heteroatoms. The summed E-state index contributed by atoms with van der Waals surface area (Å²) >= 11 is 0. The fraction of sp³-hybridized carbons (Fsp3) is 0.533. The molecule has 5 nitrogen and oxygen atoms in total. The minimum atomic E-state index is -0.699. The summed E-state index contributed by atoms with van der Waals surface area (Å²) in [7, 11) is 0. The average Bonchev–Trinajstić information content (AvgIpc) is 3.04. The number of rotatable bonds is 4. The van der Waals surface area contributed by atoms with E-state index in [1.54, 1.807) is 6.20 Å². The van der Waals surface area contributed by atoms with Crippen molar-refractivity contribution in [2.75, 3.05) is 0 Å². The number of aromatic nitrogens is 3. The molecule has 1 N–H and O–H groups in total. The summed E-state index contributed by atoms with van der Waals surface area (Å²) in [5.74, 6) is -0.0725. The molecule has 2 aromatic heterocycles. The maximum atomic E-state index is 11.4. The molecule has 3 rings (SSSR count). The van der Waals surface area contributed by atoms with Crippen molar-refractivity contribution in [2.24, 2.45) is 5.92 Å². The maximum absolute atomic E-state index is 11.4. The van der Waals surface area contributed by atoms with E-state index in [2.05, 4.69) is 21.5 Å². The van der Waals surface area contributed by atoms with E-state index in [9.17, 15) is 9.90 Å². The predicted molar refractivity (Wildman–Crippen MR) is 75.5 cm³/mol. The lowest BCUT2D eigenvalue weighted by molar-refractivity contribution is -0.142. The number of hydrogen-bond acceptors (Lipinski definition) is 3. The Bertz CT molecular complexity index is 635. The molecule has 20 heavy (non-hydrogen) atoms. The van der Waals surface area contributed by atoms with Gasteiger partial charge in [0.15, 0.2) is 5.65 Å². The van der Waals surface area contributed by atoms with Gasteiger partial charge in [0.2, 0.25) is 0 Å². The van der Waals surface area contributed by atoms with E-state index in [4.69, 9.17) is 0 Å². The molecule has 0 bridgehead atoms. The van der Waals surface area contributed by atoms with E-state index in [0.29, 0.717) is 0 Å². The fourth-order valence-electron chi connectivity index (χ4n) is 3.27. The minimum absolute atomic E-state index is 0.0215. The van der Waals surface area contributed by atoms with Crippen LogP contribution < -0.4 is 0 Å². The van der Waals surface area contributed by atoms with Gasteiger partial charge in [-0.05, 0) is 31.4 Å². The normalized spacial score (nSPS) is 22.4. The van der Waals surface area contributed by atoms with E-state index in [1.807, 2.05) is 12.1 Å². The van der Waals surface area contributed by atoms with Crippen LogP contribution in [0.4, 0.5) is 0 Å². The first-order chi connectivity index (χ1) is 9.72. The highest BCUT2D eigenvalue weighted by atomic mass is 16.4. The number of carboxylic acid groups (broad SMARTS) is 1. The maximum Gasteiger partial charge on any atom is 0.307 e. The molecule has 1 fully saturated rings. The molecule has 1 aliphatic rings. The molecule has 0 aromatic carbocycles. The van der Waals surface area contributed by atoms with Gasteiger partial charge in [0.25, 0.3) is 0 Å². The Morgan fingerprint density at radius 2 is 2.35 bits per heavy atom. The number of nitrogens with zero attached hydrogens (tertiary/aromatic N) is 3. The van der Waals surface area contributed by atoms with E-state index in [0.717, 1.165) is 49.2 Å². The molecule has 2 heterocycles. The number of carbonyl (C=O) groups is 1. The first kappa shape index (κ1) is 13.1. The van der Waals surface area contributed by atoms with Crippen LogP contribution in [0.3, 0.4) is 0 Å². The number of aliphatic carboxylic acids is 1. The number of fused-ring (bicyclic) bond motifs is 1. The molecule has 2 aromatic rings. The Morgan fingerprint density at radius 1 is 1.50 bits per heavy atom. The highest BCUT2D eigenvalue weighted by Gasteiger charge is 2.37. The Hall–Kier alpha value is -1.91. The number of aryl methyl sites for hydroxylation is 1. The summed E-state index contributed by atoms with van der Waals surface area (Å²) in [5.41, 5.74) is 1.74. The van der Waals surface area contributed by atoms with Crippen LogP contribution >= 0.6 is 0 Å². The van der Waals surface area contributed by atoms with Crippen molar-refractivity contribution < 1.29 is 9.90 Å². The standard InChI is InChI=1S/C15H19N3O2/c1-2-9-18-13(10-5-3-6-11(10)15(19)20)17-12-7-4-8-16-14(12)18/h4,7-8,10-11H,2-3,5-6,9H2,1H3,(H,19,20). The van der Waals surface area contributed by atoms with Gasteiger partial charge in [-0.15, -0.1) is 0 Å². The molecule has 106 valence electrons. The topological polar surface area (TPSA) is 68.0 Å². The van der Waals surface area contributed by atoms with Crippen LogP contribution in [0.25, 0.3) is 11.2 Å². The monoisotopic (exact) mass is 273 g/mol. The molecular weight excluding hydrogens is 254 g/mol. The van der Waals surface area contributed by atoms with Gasteiger partial charge in [-0.1, -0.05) is 13.3 Å². The third kappa shape index (κ3) is 2.07. The number of imidazole rings is 1. The second-order valence-corrected chi connectivity index (χ2v) is 5.45. The molecule has 1 saturated carbocycles. The lowest BCUT2D eigenvalue weighted by atomic mass is 9.95. The molecule has 0 saturated heterocycles. The van der Waals surface area contributed by atoms with Crippen molar-refractivity contribution in [3.63, 3.8) is 0 Å². The zero-order valence-corrected chi connectivity index (χ0v) is 11.6. The highest BCUT2D eigenvalue weighted by Crippen LogP contribution is 2.40. The lowest BCUT2D eigenvalue weighted by Crippen LogP contribution is -2.20. The van der Waals surface area contributed by atoms with Crippen molar-refractivity contribution in [1.29, 1.82) is 0 Å². The minimum Gasteiger partial charge on any atom is -0.481 e. The Kier molecular flexibility index (Phi) is 3.42. The molecular formula is C15H19N3O2. The van der Waals surface area contributed by atoms with Crippen molar-refractivity contribution in [3.05, 3.63) is 24.2 Å². The summed E-state index contributed by atoms with van der Waals surface area (Å²) < 4.78 is 2.11. The van der Waals surface area contributed by atoms with Gasteiger partial charge in [0, 0.05) is 18.7 Å². The highest BCUT2D eigenvalue weighted by molar-refractivity contribution is 5.74. The molecule has 0 spiro atoms. The Balaban J connectivity index is 2.10. The van der Waals surface area contributed by atoms with Crippen LogP contribution in [0.5, 0.6) is 0 Å². The third-order valence-corrected chi connectivity index (χ3v) is 4.15. The van der Waals surface area contributed by atoms with Crippen LogP contribution in [-0.2, 0) is 11.3 Å². The Labute approximate surface area is 117 Å². The Morgan fingerprint density at radius 3 is 3.10 bits per heavy atom. The van der Waals surface area contributed by atoms with Crippen molar-refractivity contribution in [2.45, 2.75) is 45.1 Å². The van der Waals surface area contributed by atoms with Gasteiger partial charge >= 0.3 is 5.97 Å². The summed E-state index contributed by atoms with van der Waals surface area (Å²) in [6, 6.07) is 3.82. The zero-order chi connectivity index (χ0) is 14.1. The molecule has 1 aliphatic carbocycles. The van der Waals surface area contributed by atoms with E-state index in [-0.39, 0.29) is 11.8 Å². The van der Waals surface area contributed by atoms with E-state index >= 15 is 0 Å². The lowest BCUT2D eigenvalue weighted by Gasteiger charge is -2.17. The van der Waals surface area contributed by atoms with E-state index in [1.165, 1.54) is 0 Å². The summed E-state index contributed by atoms with van der Waals surface area (Å²) in [6.45, 7) is 2.95. The van der Waals surface area contributed by atoms with Gasteiger partial charge in [0.05, 0.1) is 5.92 Å². The molecule has 2 unspecified atom stereocenters. The summed E-state index contributed by atoms with van der Waals surface area (Å²) in [5, 5.41) is 9.39. The molecule has 0 aliphatic heterocycles. The quantitative estimate of drug-likeness (QED) is 0.930. The van der Waals surface area contributed by atoms with Crippen molar-refractivity contribution in [3.8, 4) is 0 Å². The second kappa shape index (κ2) is 5.23. The van der Waals surface area contributed by atoms with Crippen LogP contribution in [0.1, 0.15) is 44.3 Å². The largest absolute Gasteiger partial charge is 0.481 e. The van der Waals surface area contributed by atoms with Crippen molar-refractivity contribution in [1.82, 2.24) is 14.5 Å². The smallest absolute Gasteiger partial charge is 0.307 e. The second-order valence-electron chi connectivity index (χ2n) is 5.45. The summed E-state index contributed by atoms with van der Waals surface area (Å²) in [4.78, 5) is 20.5. The van der Waals surface area contributed by atoms with Crippen LogP contribution in [0.15, 0.2) is 18.3 Å². The van der Waals surface area contributed by atoms with Gasteiger partial charge in [-0.2, -0.15) is 0 Å². The number of pyridine rings is 1. The van der Waals surface area contributed by atoms with Crippen LogP contribution in [-0.4, -0.2) is 25.6 Å². The molecule has 0 radical (unpaired) electrons. The van der Waals surface area contributed by atoms with Crippen molar-refractivity contribution >= 4 is 17.1 Å². The summed E-state index contributed by atoms with van der Waals surface area (Å²) in [6.07, 6.45) is 5.37. The molecule has 0 amide bonds. The molecule has 2 atom stereocenters. The number of hydrogen-bond donors (Lipinski definition) is 1. The van der Waals surface area contributed by atoms with Gasteiger partial charge in [-0.3, -0.25) is 4.79 Å². The zero-order valence-electron chi connectivity index (χ0n) is 11.6. The SMILES string of the molecule is CCCn1c(C2CCCC2C(=O)O)nc2cccnc21. The average molecular weight is 273 g/mol. The first-order valence-corrected chi connectivity index (χ1v) is 7.26. The van der Waals surface area contributed by atoms with Gasteiger partial charge in [-0.25, -0.2) is 9.97 Å². The first-order valence-electron chi connectivity index (χ1n) is 7.26. The van der Waals surface area contributed by atoms with Crippen LogP contribution in [0, 0.1) is 5.92 Å². The van der Waals surface area contributed by atoms with Crippen LogP contribution in [0.2, 0.25) is 0 Å². The van der Waals surface area contributed by atoms with Gasteiger partial charge in [0.1, 0.15) is 11.3 Å².